The molecule has 1 aromatic carbocycles. The second-order valence-corrected chi connectivity index (χ2v) is 7.25. The maximum absolute atomic E-state index is 10.7. The number of carbonyl (C=O) groups is 1. The molecule has 21 heavy (non-hydrogen) atoms. The molecule has 1 fully saturated rings. The summed E-state index contributed by atoms with van der Waals surface area (Å²) in [5.74, 6) is -0.128. The van der Waals surface area contributed by atoms with Crippen molar-refractivity contribution < 1.29 is 9.90 Å². The number of carboxylic acid groups (broad SMARTS) is 1. The normalized spacial score (nSPS) is 24.5. The lowest BCUT2D eigenvalue weighted by atomic mass is 9.70. The van der Waals surface area contributed by atoms with Gasteiger partial charge in [-0.25, -0.2) is 0 Å². The molecule has 0 spiro atoms. The summed E-state index contributed by atoms with van der Waals surface area (Å²) >= 11 is 0. The van der Waals surface area contributed by atoms with E-state index in [1.54, 1.807) is 6.07 Å². The summed E-state index contributed by atoms with van der Waals surface area (Å²) in [6.07, 6.45) is 3.56. The van der Waals surface area contributed by atoms with Crippen molar-refractivity contribution in [2.45, 2.75) is 52.5 Å². The number of benzene rings is 1. The first-order valence-electron chi connectivity index (χ1n) is 7.62. The Kier molecular flexibility index (Phi) is 4.45. The Hall–Kier alpha value is -1.71. The minimum Gasteiger partial charge on any atom is -0.481 e. The maximum Gasteiger partial charge on any atom is 0.307 e. The van der Waals surface area contributed by atoms with Crippen LogP contribution in [0.15, 0.2) is 18.2 Å². The zero-order valence-electron chi connectivity index (χ0n) is 13.1. The topological polar surface area (TPSA) is 75.3 Å². The third-order valence-electron chi connectivity index (χ3n) is 4.22. The van der Waals surface area contributed by atoms with Crippen LogP contribution in [0.1, 0.15) is 45.6 Å². The van der Waals surface area contributed by atoms with Gasteiger partial charge < -0.3 is 16.2 Å². The molecule has 0 heterocycles. The summed E-state index contributed by atoms with van der Waals surface area (Å²) in [6.45, 7) is 6.93. The Labute approximate surface area is 126 Å². The predicted octanol–water partition coefficient (Wildman–Crippen LogP) is 3.52. The summed E-state index contributed by atoms with van der Waals surface area (Å²) in [6, 6.07) is 5.93. The van der Waals surface area contributed by atoms with Gasteiger partial charge in [-0.3, -0.25) is 4.79 Å². The SMILES string of the molecule is CC1CC(Nc2ccc(CC(=O)O)cc2N)CC(C)(C)C1. The second-order valence-electron chi connectivity index (χ2n) is 7.25. The van der Waals surface area contributed by atoms with Crippen LogP contribution in [0.5, 0.6) is 0 Å². The summed E-state index contributed by atoms with van der Waals surface area (Å²) < 4.78 is 0. The molecule has 0 aromatic heterocycles. The van der Waals surface area contributed by atoms with E-state index in [0.29, 0.717) is 23.1 Å². The minimum absolute atomic E-state index is 0.0119. The van der Waals surface area contributed by atoms with Gasteiger partial charge in [-0.05, 0) is 48.3 Å². The van der Waals surface area contributed by atoms with Gasteiger partial charge in [-0.1, -0.05) is 26.8 Å². The number of anilines is 2. The van der Waals surface area contributed by atoms with Crippen LogP contribution in [0.25, 0.3) is 0 Å². The van der Waals surface area contributed by atoms with Gasteiger partial charge >= 0.3 is 5.97 Å². The van der Waals surface area contributed by atoms with Crippen molar-refractivity contribution in [1.82, 2.24) is 0 Å². The first kappa shape index (κ1) is 15.7. The summed E-state index contributed by atoms with van der Waals surface area (Å²) in [7, 11) is 0. The smallest absolute Gasteiger partial charge is 0.307 e. The number of hydrogen-bond donors (Lipinski definition) is 3. The molecule has 4 heteroatoms. The standard InChI is InChI=1S/C17H26N2O2/c1-11-6-13(10-17(2,3)9-11)19-15-5-4-12(7-14(15)18)8-16(20)21/h4-5,7,11,13,19H,6,8-10,18H2,1-3H3,(H,20,21). The number of nitrogens with one attached hydrogen (secondary N) is 1. The van der Waals surface area contributed by atoms with Crippen LogP contribution in [0.3, 0.4) is 0 Å². The fraction of sp³-hybridized carbons (Fsp3) is 0.588. The quantitative estimate of drug-likeness (QED) is 0.742. The number of aliphatic carboxylic acids is 1. The fourth-order valence-electron chi connectivity index (χ4n) is 3.70. The van der Waals surface area contributed by atoms with E-state index in [2.05, 4.69) is 26.1 Å². The van der Waals surface area contributed by atoms with E-state index in [9.17, 15) is 4.79 Å². The van der Waals surface area contributed by atoms with Gasteiger partial charge in [0.15, 0.2) is 0 Å². The molecule has 0 bridgehead atoms. The van der Waals surface area contributed by atoms with E-state index < -0.39 is 5.97 Å². The maximum atomic E-state index is 10.7. The highest BCUT2D eigenvalue weighted by atomic mass is 16.4. The largest absolute Gasteiger partial charge is 0.481 e. The molecule has 4 nitrogen and oxygen atoms in total. The van der Waals surface area contributed by atoms with Crippen molar-refractivity contribution in [1.29, 1.82) is 0 Å². The van der Waals surface area contributed by atoms with E-state index in [4.69, 9.17) is 10.8 Å². The van der Waals surface area contributed by atoms with Crippen molar-refractivity contribution in [3.05, 3.63) is 23.8 Å². The Morgan fingerprint density at radius 3 is 2.71 bits per heavy atom. The second kappa shape index (κ2) is 5.96. The monoisotopic (exact) mass is 290 g/mol. The Morgan fingerprint density at radius 1 is 1.43 bits per heavy atom. The van der Waals surface area contributed by atoms with Gasteiger partial charge in [-0.15, -0.1) is 0 Å². The van der Waals surface area contributed by atoms with Crippen LogP contribution in [0.4, 0.5) is 11.4 Å². The van der Waals surface area contributed by atoms with Crippen molar-refractivity contribution >= 4 is 17.3 Å². The highest BCUT2D eigenvalue weighted by Crippen LogP contribution is 2.40. The van der Waals surface area contributed by atoms with Crippen LogP contribution >= 0.6 is 0 Å². The number of carboxylic acids is 1. The lowest BCUT2D eigenvalue weighted by molar-refractivity contribution is -0.136. The van der Waals surface area contributed by atoms with Gasteiger partial charge in [0.05, 0.1) is 17.8 Å². The van der Waals surface area contributed by atoms with Gasteiger partial charge in [0, 0.05) is 6.04 Å². The molecule has 0 aliphatic heterocycles. The average Bonchev–Trinajstić information content (AvgIpc) is 2.29. The first-order chi connectivity index (χ1) is 9.75. The predicted molar refractivity (Wildman–Crippen MR) is 86.4 cm³/mol. The van der Waals surface area contributed by atoms with Crippen molar-refractivity contribution in [2.24, 2.45) is 11.3 Å². The summed E-state index contributed by atoms with van der Waals surface area (Å²) in [5, 5.41) is 12.4. The van der Waals surface area contributed by atoms with E-state index in [-0.39, 0.29) is 6.42 Å². The van der Waals surface area contributed by atoms with Crippen molar-refractivity contribution in [3.8, 4) is 0 Å². The molecule has 0 radical (unpaired) electrons. The highest BCUT2D eigenvalue weighted by Gasteiger charge is 2.32. The Balaban J connectivity index is 2.07. The zero-order chi connectivity index (χ0) is 15.6. The van der Waals surface area contributed by atoms with Crippen LogP contribution in [0.2, 0.25) is 0 Å². The average molecular weight is 290 g/mol. The molecule has 1 aliphatic carbocycles. The van der Waals surface area contributed by atoms with Crippen LogP contribution in [0, 0.1) is 11.3 Å². The van der Waals surface area contributed by atoms with E-state index in [0.717, 1.165) is 24.1 Å². The third-order valence-corrected chi connectivity index (χ3v) is 4.22. The molecule has 0 amide bonds. The fourth-order valence-corrected chi connectivity index (χ4v) is 3.70. The van der Waals surface area contributed by atoms with E-state index >= 15 is 0 Å². The van der Waals surface area contributed by atoms with Gasteiger partial charge in [0.25, 0.3) is 0 Å². The molecule has 116 valence electrons. The molecule has 2 rings (SSSR count). The van der Waals surface area contributed by atoms with E-state index in [1.807, 2.05) is 12.1 Å². The number of rotatable bonds is 4. The summed E-state index contributed by atoms with van der Waals surface area (Å²) in [5.41, 5.74) is 8.70. The molecule has 4 N–H and O–H groups in total. The summed E-state index contributed by atoms with van der Waals surface area (Å²) in [4.78, 5) is 10.7. The molecular weight excluding hydrogens is 264 g/mol. The Bertz CT molecular complexity index is 526. The van der Waals surface area contributed by atoms with Gasteiger partial charge in [-0.2, -0.15) is 0 Å². The minimum atomic E-state index is -0.835. The lowest BCUT2D eigenvalue weighted by Crippen LogP contribution is -2.35. The van der Waals surface area contributed by atoms with Crippen LogP contribution in [-0.2, 0) is 11.2 Å². The van der Waals surface area contributed by atoms with Gasteiger partial charge in [0.1, 0.15) is 0 Å². The number of nitrogens with two attached hydrogens (primary N) is 1. The molecule has 1 aliphatic rings. The van der Waals surface area contributed by atoms with E-state index in [1.165, 1.54) is 6.42 Å². The molecule has 2 unspecified atom stereocenters. The Morgan fingerprint density at radius 2 is 2.14 bits per heavy atom. The van der Waals surface area contributed by atoms with Crippen molar-refractivity contribution in [3.63, 3.8) is 0 Å². The number of hydrogen-bond acceptors (Lipinski definition) is 3. The first-order valence-corrected chi connectivity index (χ1v) is 7.62. The lowest BCUT2D eigenvalue weighted by Gasteiger charge is -2.39. The number of nitrogen functional groups attached to an aromatic ring is 1. The van der Waals surface area contributed by atoms with Gasteiger partial charge in [0.2, 0.25) is 0 Å². The highest BCUT2D eigenvalue weighted by molar-refractivity contribution is 5.73. The molecule has 1 aromatic rings. The van der Waals surface area contributed by atoms with Crippen LogP contribution in [-0.4, -0.2) is 17.1 Å². The molecular formula is C17H26N2O2. The molecule has 1 saturated carbocycles. The molecule has 2 atom stereocenters. The zero-order valence-corrected chi connectivity index (χ0v) is 13.1. The third kappa shape index (κ3) is 4.38. The van der Waals surface area contributed by atoms with Crippen LogP contribution < -0.4 is 11.1 Å². The van der Waals surface area contributed by atoms with Crippen molar-refractivity contribution in [2.75, 3.05) is 11.1 Å². The molecule has 0 saturated heterocycles.